The van der Waals surface area contributed by atoms with Crippen LogP contribution in [0.1, 0.15) is 0 Å². The highest BCUT2D eigenvalue weighted by Gasteiger charge is 2.10. The third kappa shape index (κ3) is 7.26. The Kier molecular flexibility index (Phi) is 6.34. The first-order valence-electron chi connectivity index (χ1n) is 3.61. The fourth-order valence-corrected chi connectivity index (χ4v) is 0.907. The van der Waals surface area contributed by atoms with E-state index in [0.29, 0.717) is 0 Å². The maximum Gasteiger partial charge on any atom is 0.327 e. The second-order valence-corrected chi connectivity index (χ2v) is 2.65. The summed E-state index contributed by atoms with van der Waals surface area (Å²) in [6.07, 6.45) is -0.644. The van der Waals surface area contributed by atoms with Crippen LogP contribution >= 0.6 is 8.69 Å². The lowest BCUT2D eigenvalue weighted by atomic mass is 10.3. The topological polar surface area (TPSA) is 137 Å². The number of carbonyl (C=O) groups excluding carboxylic acids is 2. The lowest BCUT2D eigenvalue weighted by Crippen LogP contribution is -2.43. The van der Waals surface area contributed by atoms with Crippen LogP contribution < -0.4 is 22.1 Å². The summed E-state index contributed by atoms with van der Waals surface area (Å²) in [6, 6.07) is -1.47. The van der Waals surface area contributed by atoms with Gasteiger partial charge in [-0.2, -0.15) is 0 Å². The van der Waals surface area contributed by atoms with E-state index in [-0.39, 0.29) is 13.1 Å². The van der Waals surface area contributed by atoms with Gasteiger partial charge in [-0.05, 0) is 0 Å². The van der Waals surface area contributed by atoms with Crippen LogP contribution in [-0.4, -0.2) is 31.3 Å². The van der Waals surface area contributed by atoms with Crippen LogP contribution in [0.2, 0.25) is 0 Å². The lowest BCUT2D eigenvalue weighted by molar-refractivity contribution is 0.205. The normalized spacial score (nSPS) is 10.1. The van der Waals surface area contributed by atoms with Crippen molar-refractivity contribution in [3.8, 4) is 0 Å². The Bertz CT molecular complexity index is 206. The molecule has 8 nitrogen and oxygen atoms in total. The zero-order valence-corrected chi connectivity index (χ0v) is 8.12. The van der Waals surface area contributed by atoms with Crippen molar-refractivity contribution >= 4 is 20.7 Å². The maximum absolute atomic E-state index is 10.3. The average molecular weight is 222 g/mol. The minimum Gasteiger partial charge on any atom is -0.352 e. The first kappa shape index (κ1) is 12.6. The fraction of sp³-hybridized carbons (Fsp3) is 0.600. The number of nitrogens with two attached hydrogens (primary N) is 2. The minimum atomic E-state index is -0.736. The maximum atomic E-state index is 10.3. The molecule has 0 aliphatic heterocycles. The Hall–Kier alpha value is -1.40. The number of rotatable bonds is 6. The van der Waals surface area contributed by atoms with Crippen molar-refractivity contribution in [1.82, 2.24) is 10.6 Å². The van der Waals surface area contributed by atoms with Crippen molar-refractivity contribution < 1.29 is 18.7 Å². The average Bonchev–Trinajstić information content (AvgIpc) is 2.09. The van der Waals surface area contributed by atoms with Crippen molar-refractivity contribution in [3.63, 3.8) is 0 Å². The van der Waals surface area contributed by atoms with E-state index in [1.807, 2.05) is 0 Å². The molecule has 0 bridgehead atoms. The van der Waals surface area contributed by atoms with E-state index in [9.17, 15) is 14.2 Å². The molecule has 0 saturated carbocycles. The van der Waals surface area contributed by atoms with Crippen LogP contribution in [-0.2, 0) is 9.09 Å². The van der Waals surface area contributed by atoms with Crippen LogP contribution in [0.3, 0.4) is 0 Å². The van der Waals surface area contributed by atoms with E-state index < -0.39 is 26.9 Å². The molecule has 9 heteroatoms. The van der Waals surface area contributed by atoms with Crippen molar-refractivity contribution in [2.75, 3.05) is 13.1 Å². The molecule has 0 unspecified atom stereocenters. The third-order valence-electron chi connectivity index (χ3n) is 1.20. The van der Waals surface area contributed by atoms with Gasteiger partial charge in [0.05, 0.1) is 0 Å². The van der Waals surface area contributed by atoms with Gasteiger partial charge in [0.15, 0.2) is 0 Å². The number of carbonyl (C=O) groups is 2. The molecule has 0 fully saturated rings. The molecule has 0 rings (SSSR count). The number of urea groups is 2. The van der Waals surface area contributed by atoms with Crippen LogP contribution in [0, 0.1) is 0 Å². The number of amides is 4. The first-order valence-corrected chi connectivity index (χ1v) is 4.34. The molecule has 0 aromatic heterocycles. The standard InChI is InChI=1S/C5H11N4O4P/c6-4(10)8-1-3(13-14-12)2-9-5(7)11/h3H,1-2H2,(H3,6,8,10)(H3,7,9,11). The highest BCUT2D eigenvalue weighted by Crippen LogP contribution is 2.00. The molecule has 0 spiro atoms. The predicted molar refractivity (Wildman–Crippen MR) is 47.7 cm³/mol. The second kappa shape index (κ2) is 7.05. The molecule has 0 saturated heterocycles. The summed E-state index contributed by atoms with van der Waals surface area (Å²) in [5.41, 5.74) is 9.59. The number of hydrogen-bond acceptors (Lipinski definition) is 4. The first-order chi connectivity index (χ1) is 6.56. The van der Waals surface area contributed by atoms with Crippen LogP contribution in [0.25, 0.3) is 0 Å². The molecule has 6 N–H and O–H groups in total. The highest BCUT2D eigenvalue weighted by molar-refractivity contribution is 7.17. The molecule has 14 heavy (non-hydrogen) atoms. The molecule has 0 aliphatic carbocycles. The van der Waals surface area contributed by atoms with Gasteiger partial charge in [0.25, 0.3) is 0 Å². The predicted octanol–water partition coefficient (Wildman–Crippen LogP) is -1.09. The van der Waals surface area contributed by atoms with E-state index in [2.05, 4.69) is 15.2 Å². The van der Waals surface area contributed by atoms with E-state index >= 15 is 0 Å². The van der Waals surface area contributed by atoms with Gasteiger partial charge in [-0.25, -0.2) is 14.2 Å². The molecular formula is C5H11N4O4P. The molecule has 80 valence electrons. The molecule has 0 radical (unpaired) electrons. The van der Waals surface area contributed by atoms with Crippen LogP contribution in [0.15, 0.2) is 0 Å². The van der Waals surface area contributed by atoms with Gasteiger partial charge in [0.2, 0.25) is 0 Å². The third-order valence-corrected chi connectivity index (χ3v) is 1.58. The minimum absolute atomic E-state index is 0.0326. The molecule has 0 aliphatic rings. The Labute approximate surface area is 81.6 Å². The van der Waals surface area contributed by atoms with Crippen molar-refractivity contribution in [1.29, 1.82) is 0 Å². The smallest absolute Gasteiger partial charge is 0.327 e. The lowest BCUT2D eigenvalue weighted by Gasteiger charge is -2.13. The highest BCUT2D eigenvalue weighted by atomic mass is 31.1. The largest absolute Gasteiger partial charge is 0.352 e. The summed E-state index contributed by atoms with van der Waals surface area (Å²) in [7, 11) is -0.555. The molecule has 0 heterocycles. The molecule has 0 atom stereocenters. The second-order valence-electron chi connectivity index (χ2n) is 2.29. The van der Waals surface area contributed by atoms with E-state index in [0.717, 1.165) is 0 Å². The van der Waals surface area contributed by atoms with Crippen LogP contribution in [0.4, 0.5) is 9.59 Å². The van der Waals surface area contributed by atoms with Crippen molar-refractivity contribution in [2.24, 2.45) is 11.5 Å². The molecule has 0 aromatic carbocycles. The quantitative estimate of drug-likeness (QED) is 0.424. The fourth-order valence-electron chi connectivity index (χ4n) is 0.636. The molecule has 0 aromatic rings. The summed E-state index contributed by atoms with van der Waals surface area (Å²) in [5, 5.41) is 4.47. The number of nitrogens with one attached hydrogen (secondary N) is 2. The Morgan fingerprint density at radius 2 is 1.64 bits per heavy atom. The summed E-state index contributed by atoms with van der Waals surface area (Å²) < 4.78 is 14.7. The van der Waals surface area contributed by atoms with Gasteiger partial charge in [0, 0.05) is 13.1 Å². The number of primary amides is 2. The van der Waals surface area contributed by atoms with Gasteiger partial charge in [-0.3, -0.25) is 4.52 Å². The molecular weight excluding hydrogens is 211 g/mol. The van der Waals surface area contributed by atoms with Gasteiger partial charge < -0.3 is 22.1 Å². The summed E-state index contributed by atoms with van der Waals surface area (Å²) in [5.74, 6) is 0. The Morgan fingerprint density at radius 3 is 1.93 bits per heavy atom. The van der Waals surface area contributed by atoms with Crippen molar-refractivity contribution in [2.45, 2.75) is 6.10 Å². The summed E-state index contributed by atoms with van der Waals surface area (Å²) in [6.45, 7) is 0.0652. The van der Waals surface area contributed by atoms with Crippen LogP contribution in [0.5, 0.6) is 0 Å². The SMILES string of the molecule is NC(=O)NCC(CNC(N)=O)OP=O. The Morgan fingerprint density at radius 1 is 1.21 bits per heavy atom. The number of hydrogen-bond donors (Lipinski definition) is 4. The zero-order valence-electron chi connectivity index (χ0n) is 7.23. The summed E-state index contributed by atoms with van der Waals surface area (Å²) in [4.78, 5) is 20.6. The van der Waals surface area contributed by atoms with Gasteiger partial charge in [-0.1, -0.05) is 0 Å². The van der Waals surface area contributed by atoms with E-state index in [4.69, 9.17) is 11.5 Å². The van der Waals surface area contributed by atoms with Crippen molar-refractivity contribution in [3.05, 3.63) is 0 Å². The summed E-state index contributed by atoms with van der Waals surface area (Å²) >= 11 is 0. The van der Waals surface area contributed by atoms with Gasteiger partial charge >= 0.3 is 20.7 Å². The zero-order chi connectivity index (χ0) is 11.0. The monoisotopic (exact) mass is 222 g/mol. The van der Waals surface area contributed by atoms with E-state index in [1.54, 1.807) is 0 Å². The molecule has 4 amide bonds. The van der Waals surface area contributed by atoms with E-state index in [1.165, 1.54) is 0 Å². The Balaban J connectivity index is 3.81. The van der Waals surface area contributed by atoms with Gasteiger partial charge in [-0.15, -0.1) is 0 Å². The van der Waals surface area contributed by atoms with Gasteiger partial charge in [0.1, 0.15) is 6.10 Å².